The molecule has 6 heteroatoms. The number of ether oxygens (including phenoxy) is 3. The molecule has 4 rings (SSSR count). The van der Waals surface area contributed by atoms with Gasteiger partial charge in [-0.05, 0) is 19.1 Å². The lowest BCUT2D eigenvalue weighted by molar-refractivity contribution is -0.153. The maximum Gasteiger partial charge on any atom is 0.341 e. The Morgan fingerprint density at radius 2 is 2.05 bits per heavy atom. The van der Waals surface area contributed by atoms with Gasteiger partial charge in [0.15, 0.2) is 11.7 Å². The van der Waals surface area contributed by atoms with Crippen LogP contribution < -0.4 is 10.4 Å². The van der Waals surface area contributed by atoms with E-state index in [0.29, 0.717) is 16.9 Å². The molecule has 2 aliphatic heterocycles. The van der Waals surface area contributed by atoms with Crippen molar-refractivity contribution in [3.05, 3.63) is 40.2 Å². The standard InChI is InChI=1S/C15H12O6/c1-15-13(21-15)12(20-14(15)17)8-5-7-3-4-11(16)19-9(7)6-10(8)18-2/h3-6,12-13H,1-2H3/t12?,13-,15-/m1/s1. The zero-order valence-electron chi connectivity index (χ0n) is 11.4. The van der Waals surface area contributed by atoms with E-state index in [9.17, 15) is 9.59 Å². The lowest BCUT2D eigenvalue weighted by atomic mass is 9.99. The Labute approximate surface area is 119 Å². The highest BCUT2D eigenvalue weighted by Gasteiger charge is 2.70. The monoisotopic (exact) mass is 288 g/mol. The van der Waals surface area contributed by atoms with E-state index in [2.05, 4.69) is 0 Å². The summed E-state index contributed by atoms with van der Waals surface area (Å²) < 4.78 is 21.3. The second kappa shape index (κ2) is 3.85. The smallest absolute Gasteiger partial charge is 0.341 e. The van der Waals surface area contributed by atoms with Gasteiger partial charge in [0.05, 0.1) is 7.11 Å². The minimum Gasteiger partial charge on any atom is -0.496 e. The van der Waals surface area contributed by atoms with Gasteiger partial charge in [0.2, 0.25) is 0 Å². The van der Waals surface area contributed by atoms with Gasteiger partial charge in [0.25, 0.3) is 0 Å². The first-order valence-corrected chi connectivity index (χ1v) is 6.53. The van der Waals surface area contributed by atoms with Crippen LogP contribution in [-0.2, 0) is 14.3 Å². The van der Waals surface area contributed by atoms with E-state index in [-0.39, 0.29) is 12.1 Å². The van der Waals surface area contributed by atoms with Crippen molar-refractivity contribution < 1.29 is 23.4 Å². The summed E-state index contributed by atoms with van der Waals surface area (Å²) >= 11 is 0. The number of carbonyl (C=O) groups excluding carboxylic acids is 1. The van der Waals surface area contributed by atoms with Crippen molar-refractivity contribution >= 4 is 16.9 Å². The molecule has 108 valence electrons. The molecule has 3 atom stereocenters. The Morgan fingerprint density at radius 1 is 1.24 bits per heavy atom. The molecule has 0 amide bonds. The molecule has 0 spiro atoms. The molecule has 3 heterocycles. The predicted octanol–water partition coefficient (Wildman–Crippen LogP) is 1.56. The first-order chi connectivity index (χ1) is 10.0. The second-order valence-corrected chi connectivity index (χ2v) is 5.36. The van der Waals surface area contributed by atoms with Crippen molar-refractivity contribution in [2.24, 2.45) is 0 Å². The van der Waals surface area contributed by atoms with Gasteiger partial charge in [0, 0.05) is 23.1 Å². The number of carbonyl (C=O) groups is 1. The molecule has 1 aromatic heterocycles. The Balaban J connectivity index is 1.87. The van der Waals surface area contributed by atoms with Gasteiger partial charge in [-0.25, -0.2) is 9.59 Å². The highest BCUT2D eigenvalue weighted by molar-refractivity contribution is 5.87. The molecule has 1 aromatic carbocycles. The van der Waals surface area contributed by atoms with Gasteiger partial charge in [-0.2, -0.15) is 0 Å². The summed E-state index contributed by atoms with van der Waals surface area (Å²) in [6.45, 7) is 1.71. The first-order valence-electron chi connectivity index (χ1n) is 6.53. The molecule has 2 fully saturated rings. The summed E-state index contributed by atoms with van der Waals surface area (Å²) in [7, 11) is 1.51. The van der Waals surface area contributed by atoms with Crippen LogP contribution in [0.15, 0.2) is 33.5 Å². The van der Waals surface area contributed by atoms with E-state index >= 15 is 0 Å². The van der Waals surface area contributed by atoms with Gasteiger partial charge < -0.3 is 18.6 Å². The van der Waals surface area contributed by atoms with Crippen LogP contribution in [0.1, 0.15) is 18.6 Å². The van der Waals surface area contributed by atoms with Crippen molar-refractivity contribution in [1.29, 1.82) is 0 Å². The molecular weight excluding hydrogens is 276 g/mol. The number of methoxy groups -OCH3 is 1. The van der Waals surface area contributed by atoms with E-state index in [1.807, 2.05) is 0 Å². The van der Waals surface area contributed by atoms with E-state index in [1.54, 1.807) is 25.1 Å². The summed E-state index contributed by atoms with van der Waals surface area (Å²) in [4.78, 5) is 23.1. The first kappa shape index (κ1) is 12.4. The van der Waals surface area contributed by atoms with E-state index in [1.165, 1.54) is 13.2 Å². The van der Waals surface area contributed by atoms with Gasteiger partial charge >= 0.3 is 11.6 Å². The lowest BCUT2D eigenvalue weighted by Gasteiger charge is -2.16. The maximum atomic E-state index is 11.8. The van der Waals surface area contributed by atoms with Crippen molar-refractivity contribution in [3.63, 3.8) is 0 Å². The fourth-order valence-corrected chi connectivity index (χ4v) is 2.78. The SMILES string of the molecule is COc1cc2oc(=O)ccc2cc1C1OC(=O)[C@]2(C)O[C@H]12. The number of fused-ring (bicyclic) bond motifs is 2. The van der Waals surface area contributed by atoms with Gasteiger partial charge in [-0.3, -0.25) is 0 Å². The van der Waals surface area contributed by atoms with Crippen LogP contribution in [0.3, 0.4) is 0 Å². The fourth-order valence-electron chi connectivity index (χ4n) is 2.78. The van der Waals surface area contributed by atoms with Crippen molar-refractivity contribution in [2.45, 2.75) is 24.7 Å². The summed E-state index contributed by atoms with van der Waals surface area (Å²) in [6, 6.07) is 6.42. The minimum atomic E-state index is -0.839. The number of rotatable bonds is 2. The number of hydrogen-bond acceptors (Lipinski definition) is 6. The molecule has 6 nitrogen and oxygen atoms in total. The van der Waals surface area contributed by atoms with Crippen LogP contribution >= 0.6 is 0 Å². The third-order valence-corrected chi connectivity index (χ3v) is 4.05. The van der Waals surface area contributed by atoms with E-state index < -0.39 is 17.3 Å². The Kier molecular flexibility index (Phi) is 2.28. The Morgan fingerprint density at radius 3 is 2.67 bits per heavy atom. The molecule has 0 radical (unpaired) electrons. The van der Waals surface area contributed by atoms with Crippen molar-refractivity contribution in [2.75, 3.05) is 7.11 Å². The normalized spacial score (nSPS) is 30.1. The highest BCUT2D eigenvalue weighted by Crippen LogP contribution is 2.54. The van der Waals surface area contributed by atoms with Crippen LogP contribution in [-0.4, -0.2) is 24.8 Å². The van der Waals surface area contributed by atoms with Crippen LogP contribution in [0.4, 0.5) is 0 Å². The number of hydrogen-bond donors (Lipinski definition) is 0. The summed E-state index contributed by atoms with van der Waals surface area (Å²) in [5, 5.41) is 0.732. The molecule has 0 aliphatic carbocycles. The molecule has 0 bridgehead atoms. The van der Waals surface area contributed by atoms with Crippen LogP contribution in [0.25, 0.3) is 11.0 Å². The minimum absolute atomic E-state index is 0.299. The fraction of sp³-hybridized carbons (Fsp3) is 0.333. The molecular formula is C15H12O6. The maximum absolute atomic E-state index is 11.8. The molecule has 2 aromatic rings. The molecule has 2 aliphatic rings. The van der Waals surface area contributed by atoms with Crippen LogP contribution in [0.2, 0.25) is 0 Å². The van der Waals surface area contributed by atoms with Gasteiger partial charge in [-0.1, -0.05) is 0 Å². The molecule has 21 heavy (non-hydrogen) atoms. The van der Waals surface area contributed by atoms with Crippen LogP contribution in [0.5, 0.6) is 5.75 Å². The molecule has 0 saturated carbocycles. The average Bonchev–Trinajstić information content (AvgIpc) is 3.09. The van der Waals surface area contributed by atoms with Crippen molar-refractivity contribution in [3.8, 4) is 5.75 Å². The molecule has 0 N–H and O–H groups in total. The van der Waals surface area contributed by atoms with Gasteiger partial charge in [-0.15, -0.1) is 0 Å². The Hall–Kier alpha value is -2.34. The highest BCUT2D eigenvalue weighted by atomic mass is 16.7. The molecule has 2 saturated heterocycles. The third-order valence-electron chi connectivity index (χ3n) is 4.05. The Bertz CT molecular complexity index is 823. The summed E-state index contributed by atoms with van der Waals surface area (Å²) in [6.07, 6.45) is -0.805. The zero-order valence-corrected chi connectivity index (χ0v) is 11.4. The predicted molar refractivity (Wildman–Crippen MR) is 71.1 cm³/mol. The topological polar surface area (TPSA) is 78.3 Å². The van der Waals surface area contributed by atoms with Crippen molar-refractivity contribution in [1.82, 2.24) is 0 Å². The number of benzene rings is 1. The van der Waals surface area contributed by atoms with E-state index in [4.69, 9.17) is 18.6 Å². The largest absolute Gasteiger partial charge is 0.496 e. The molecule has 1 unspecified atom stereocenters. The quantitative estimate of drug-likeness (QED) is 0.474. The summed E-state index contributed by atoms with van der Waals surface area (Å²) in [5.41, 5.74) is -0.138. The number of cyclic esters (lactones) is 1. The summed E-state index contributed by atoms with van der Waals surface area (Å²) in [5.74, 6) is 0.133. The number of epoxide rings is 1. The average molecular weight is 288 g/mol. The number of esters is 1. The van der Waals surface area contributed by atoms with Crippen LogP contribution in [0, 0.1) is 0 Å². The third kappa shape index (κ3) is 1.62. The zero-order chi connectivity index (χ0) is 14.8. The lowest BCUT2D eigenvalue weighted by Crippen LogP contribution is -2.17. The van der Waals surface area contributed by atoms with Gasteiger partial charge in [0.1, 0.15) is 17.4 Å². The van der Waals surface area contributed by atoms with E-state index in [0.717, 1.165) is 5.39 Å². The second-order valence-electron chi connectivity index (χ2n) is 5.36.